The van der Waals surface area contributed by atoms with Crippen molar-refractivity contribution in [1.82, 2.24) is 9.78 Å². The fourth-order valence-corrected chi connectivity index (χ4v) is 3.08. The third-order valence-electron chi connectivity index (χ3n) is 3.93. The lowest BCUT2D eigenvalue weighted by molar-refractivity contribution is 0.101. The summed E-state index contributed by atoms with van der Waals surface area (Å²) in [7, 11) is -3.80. The molecule has 3 aromatic rings. The molecule has 10 heteroatoms. The van der Waals surface area contributed by atoms with Crippen LogP contribution in [0.3, 0.4) is 0 Å². The Labute approximate surface area is 161 Å². The van der Waals surface area contributed by atoms with Crippen LogP contribution in [0.2, 0.25) is 0 Å². The zero-order chi connectivity index (χ0) is 20.5. The average Bonchev–Trinajstić information content (AvgIpc) is 3.03. The number of amides is 1. The van der Waals surface area contributed by atoms with Gasteiger partial charge in [0.15, 0.2) is 0 Å². The molecular weight excluding hydrogens is 380 g/mol. The Morgan fingerprint density at radius 1 is 1.11 bits per heavy atom. The van der Waals surface area contributed by atoms with Crippen molar-refractivity contribution in [3.63, 3.8) is 0 Å². The number of benzene rings is 2. The Balaban J connectivity index is 1.87. The van der Waals surface area contributed by atoms with E-state index in [1.165, 1.54) is 28.9 Å². The third kappa shape index (κ3) is 4.08. The number of nitrogen functional groups attached to an aromatic ring is 1. The van der Waals surface area contributed by atoms with Crippen LogP contribution in [0.1, 0.15) is 21.7 Å². The van der Waals surface area contributed by atoms with Gasteiger partial charge in [0.05, 0.1) is 16.3 Å². The van der Waals surface area contributed by atoms with Gasteiger partial charge in [0.25, 0.3) is 5.91 Å². The molecule has 0 aliphatic rings. The number of carbonyl (C=O) groups excluding carboxylic acids is 1. The summed E-state index contributed by atoms with van der Waals surface area (Å²) in [6.45, 7) is 1.76. The summed E-state index contributed by atoms with van der Waals surface area (Å²) in [5.74, 6) is -0.469. The molecule has 0 saturated carbocycles. The third-order valence-corrected chi connectivity index (χ3v) is 4.86. The fraction of sp³-hybridized carbons (Fsp3) is 0.0556. The predicted octanol–water partition coefficient (Wildman–Crippen LogP) is 1.36. The molecule has 144 valence electrons. The van der Waals surface area contributed by atoms with E-state index in [0.717, 1.165) is 0 Å². The molecule has 0 unspecified atom stereocenters. The highest BCUT2D eigenvalue weighted by Crippen LogP contribution is 2.17. The molecule has 0 aliphatic carbocycles. The minimum atomic E-state index is -3.80. The topological polar surface area (TPSA) is 157 Å². The maximum absolute atomic E-state index is 12.7. The standard InChI is InChI=1S/C18H18N6O3S/c1-11-10-16(24(23-11)14-6-2-12(3-7-14)17(19)20)18(25)22-13-4-8-15(9-5-13)28(21,26)27/h2-10H,1H3,(H3,19,20)(H,22,25)(H2,21,26,27). The number of rotatable bonds is 5. The van der Waals surface area contributed by atoms with Gasteiger partial charge >= 0.3 is 0 Å². The Morgan fingerprint density at radius 2 is 1.71 bits per heavy atom. The van der Waals surface area contributed by atoms with Gasteiger partial charge in [-0.2, -0.15) is 5.10 Å². The van der Waals surface area contributed by atoms with E-state index < -0.39 is 15.9 Å². The van der Waals surface area contributed by atoms with E-state index >= 15 is 0 Å². The quantitative estimate of drug-likeness (QED) is 0.377. The molecular formula is C18H18N6O3S. The first kappa shape index (κ1) is 19.3. The molecule has 0 fully saturated rings. The Morgan fingerprint density at radius 3 is 2.25 bits per heavy atom. The molecule has 0 radical (unpaired) electrons. The largest absolute Gasteiger partial charge is 0.384 e. The lowest BCUT2D eigenvalue weighted by Crippen LogP contribution is -2.17. The molecule has 2 aromatic carbocycles. The molecule has 9 nitrogen and oxygen atoms in total. The van der Waals surface area contributed by atoms with Crippen LogP contribution in [-0.4, -0.2) is 29.9 Å². The van der Waals surface area contributed by atoms with E-state index in [9.17, 15) is 13.2 Å². The maximum atomic E-state index is 12.7. The smallest absolute Gasteiger partial charge is 0.274 e. The minimum absolute atomic E-state index is 0.0445. The zero-order valence-electron chi connectivity index (χ0n) is 14.9. The van der Waals surface area contributed by atoms with Crippen LogP contribution in [-0.2, 0) is 10.0 Å². The van der Waals surface area contributed by atoms with Crippen LogP contribution < -0.4 is 16.2 Å². The van der Waals surface area contributed by atoms with Gasteiger partial charge in [-0.15, -0.1) is 0 Å². The van der Waals surface area contributed by atoms with E-state index in [-0.39, 0.29) is 10.7 Å². The molecule has 1 aromatic heterocycles. The van der Waals surface area contributed by atoms with Crippen molar-refractivity contribution in [3.8, 4) is 5.69 Å². The molecule has 0 aliphatic heterocycles. The first-order chi connectivity index (χ1) is 13.1. The maximum Gasteiger partial charge on any atom is 0.274 e. The second-order valence-corrected chi connectivity index (χ2v) is 7.63. The monoisotopic (exact) mass is 398 g/mol. The van der Waals surface area contributed by atoms with Crippen LogP contribution in [0.15, 0.2) is 59.5 Å². The first-order valence-corrected chi connectivity index (χ1v) is 9.65. The molecule has 0 bridgehead atoms. The second-order valence-electron chi connectivity index (χ2n) is 6.07. The van der Waals surface area contributed by atoms with Gasteiger partial charge in [-0.05, 0) is 61.5 Å². The van der Waals surface area contributed by atoms with Crippen LogP contribution in [0, 0.1) is 12.3 Å². The normalized spacial score (nSPS) is 11.2. The summed E-state index contributed by atoms with van der Waals surface area (Å²) in [5, 5.41) is 19.6. The number of hydrogen-bond acceptors (Lipinski definition) is 5. The van der Waals surface area contributed by atoms with Gasteiger partial charge < -0.3 is 11.1 Å². The number of hydrogen-bond donors (Lipinski definition) is 4. The number of primary sulfonamides is 1. The van der Waals surface area contributed by atoms with Gasteiger partial charge in [-0.25, -0.2) is 18.2 Å². The van der Waals surface area contributed by atoms with Crippen LogP contribution in [0.4, 0.5) is 5.69 Å². The fourth-order valence-electron chi connectivity index (χ4n) is 2.56. The van der Waals surface area contributed by atoms with Crippen molar-refractivity contribution in [1.29, 1.82) is 5.41 Å². The average molecular weight is 398 g/mol. The molecule has 0 atom stereocenters. The van der Waals surface area contributed by atoms with E-state index in [0.29, 0.717) is 28.3 Å². The number of aromatic nitrogens is 2. The van der Waals surface area contributed by atoms with Crippen LogP contribution >= 0.6 is 0 Å². The van der Waals surface area contributed by atoms with E-state index in [2.05, 4.69) is 10.4 Å². The lowest BCUT2D eigenvalue weighted by Gasteiger charge is -2.09. The number of nitrogens with two attached hydrogens (primary N) is 2. The molecule has 0 saturated heterocycles. The summed E-state index contributed by atoms with van der Waals surface area (Å²) in [4.78, 5) is 12.7. The van der Waals surface area contributed by atoms with E-state index in [4.69, 9.17) is 16.3 Å². The van der Waals surface area contributed by atoms with Crippen LogP contribution in [0.25, 0.3) is 5.69 Å². The number of amidine groups is 1. The molecule has 3 rings (SSSR count). The Hall–Kier alpha value is -3.50. The Kier molecular flexibility index (Phi) is 4.99. The van der Waals surface area contributed by atoms with Crippen molar-refractivity contribution in [2.24, 2.45) is 10.9 Å². The predicted molar refractivity (Wildman–Crippen MR) is 105 cm³/mol. The van der Waals surface area contributed by atoms with Crippen LogP contribution in [0.5, 0.6) is 0 Å². The molecule has 1 heterocycles. The first-order valence-electron chi connectivity index (χ1n) is 8.11. The van der Waals surface area contributed by atoms with Gasteiger partial charge in [0, 0.05) is 11.3 Å². The highest BCUT2D eigenvalue weighted by atomic mass is 32.2. The molecule has 28 heavy (non-hydrogen) atoms. The molecule has 0 spiro atoms. The van der Waals surface area contributed by atoms with Gasteiger partial charge in [0.2, 0.25) is 10.0 Å². The van der Waals surface area contributed by atoms with Gasteiger partial charge in [-0.3, -0.25) is 10.2 Å². The van der Waals surface area contributed by atoms with E-state index in [1.807, 2.05) is 0 Å². The van der Waals surface area contributed by atoms with Gasteiger partial charge in [0.1, 0.15) is 11.5 Å². The highest BCUT2D eigenvalue weighted by Gasteiger charge is 2.16. The summed E-state index contributed by atoms with van der Waals surface area (Å²) < 4.78 is 24.1. The summed E-state index contributed by atoms with van der Waals surface area (Å²) in [5.41, 5.74) is 8.01. The van der Waals surface area contributed by atoms with Crippen molar-refractivity contribution in [3.05, 3.63) is 71.5 Å². The summed E-state index contributed by atoms with van der Waals surface area (Å²) in [6.07, 6.45) is 0. The zero-order valence-corrected chi connectivity index (χ0v) is 15.7. The van der Waals surface area contributed by atoms with Crippen molar-refractivity contribution in [2.75, 3.05) is 5.32 Å². The second kappa shape index (κ2) is 7.25. The highest BCUT2D eigenvalue weighted by molar-refractivity contribution is 7.89. The molecule has 6 N–H and O–H groups in total. The van der Waals surface area contributed by atoms with Crippen molar-refractivity contribution >= 4 is 27.5 Å². The SMILES string of the molecule is Cc1cc(C(=O)Nc2ccc(S(N)(=O)=O)cc2)n(-c2ccc(C(=N)N)cc2)n1. The lowest BCUT2D eigenvalue weighted by atomic mass is 10.2. The van der Waals surface area contributed by atoms with Crippen molar-refractivity contribution in [2.45, 2.75) is 11.8 Å². The number of nitrogens with one attached hydrogen (secondary N) is 2. The summed E-state index contributed by atoms with van der Waals surface area (Å²) in [6, 6.07) is 13.9. The number of sulfonamides is 1. The number of anilines is 1. The Bertz CT molecular complexity index is 1150. The van der Waals surface area contributed by atoms with Crippen molar-refractivity contribution < 1.29 is 13.2 Å². The number of nitrogens with zero attached hydrogens (tertiary/aromatic N) is 2. The number of carbonyl (C=O) groups is 1. The minimum Gasteiger partial charge on any atom is -0.384 e. The van der Waals surface area contributed by atoms with E-state index in [1.54, 1.807) is 37.3 Å². The molecule has 1 amide bonds. The van der Waals surface area contributed by atoms with Gasteiger partial charge in [-0.1, -0.05) is 0 Å². The number of aryl methyl sites for hydroxylation is 1. The summed E-state index contributed by atoms with van der Waals surface area (Å²) >= 11 is 0.